The Labute approximate surface area is 142 Å². The molecule has 4 nitrogen and oxygen atoms in total. The van der Waals surface area contributed by atoms with Gasteiger partial charge in [-0.3, -0.25) is 4.79 Å². The van der Waals surface area contributed by atoms with E-state index in [-0.39, 0.29) is 11.9 Å². The van der Waals surface area contributed by atoms with Gasteiger partial charge in [-0.05, 0) is 43.3 Å². The average Bonchev–Trinajstić information content (AvgIpc) is 3.08. The third-order valence-corrected chi connectivity index (χ3v) is 5.61. The number of aromatic nitrogens is 1. The molecular formula is C17H16N2O2S2. The second kappa shape index (κ2) is 5.94. The van der Waals surface area contributed by atoms with Crippen LogP contribution in [-0.2, 0) is 0 Å². The number of hydrogen-bond donors (Lipinski definition) is 0. The molecule has 1 aliphatic rings. The molecule has 3 aromatic rings. The quantitative estimate of drug-likeness (QED) is 0.666. The number of rotatable bonds is 5. The summed E-state index contributed by atoms with van der Waals surface area (Å²) < 4.78 is 5.49. The van der Waals surface area contributed by atoms with Crippen LogP contribution in [0.1, 0.15) is 42.1 Å². The van der Waals surface area contributed by atoms with Crippen molar-refractivity contribution >= 4 is 28.6 Å². The molecule has 1 saturated carbocycles. The van der Waals surface area contributed by atoms with Crippen molar-refractivity contribution in [1.82, 2.24) is 9.88 Å². The molecule has 0 bridgehead atoms. The van der Waals surface area contributed by atoms with E-state index >= 15 is 0 Å². The van der Waals surface area contributed by atoms with Gasteiger partial charge in [-0.15, -0.1) is 11.3 Å². The molecule has 0 spiro atoms. The number of thiophene rings is 1. The number of furan rings is 1. The smallest absolute Gasteiger partial charge is 0.274 e. The van der Waals surface area contributed by atoms with E-state index in [4.69, 9.17) is 4.42 Å². The number of carbonyl (C=O) groups excluding carboxylic acids is 1. The van der Waals surface area contributed by atoms with Crippen LogP contribution in [0.5, 0.6) is 0 Å². The molecule has 1 fully saturated rings. The summed E-state index contributed by atoms with van der Waals surface area (Å²) in [5.74, 6) is 0.813. The normalized spacial score (nSPS) is 15.5. The maximum atomic E-state index is 13.0. The lowest BCUT2D eigenvalue weighted by Gasteiger charge is -2.27. The molecule has 0 aliphatic heterocycles. The van der Waals surface area contributed by atoms with Crippen molar-refractivity contribution in [2.45, 2.75) is 31.8 Å². The van der Waals surface area contributed by atoms with Gasteiger partial charge in [0.1, 0.15) is 16.5 Å². The van der Waals surface area contributed by atoms with Gasteiger partial charge in [0.15, 0.2) is 0 Å². The van der Waals surface area contributed by atoms with E-state index in [1.165, 1.54) is 11.3 Å². The minimum atomic E-state index is -0.0729. The van der Waals surface area contributed by atoms with E-state index in [1.54, 1.807) is 17.6 Å². The lowest BCUT2D eigenvalue weighted by atomic mass is 10.2. The van der Waals surface area contributed by atoms with Gasteiger partial charge in [-0.25, -0.2) is 4.98 Å². The van der Waals surface area contributed by atoms with E-state index in [1.807, 2.05) is 40.8 Å². The van der Waals surface area contributed by atoms with Crippen LogP contribution in [0.2, 0.25) is 0 Å². The zero-order chi connectivity index (χ0) is 15.8. The topological polar surface area (TPSA) is 46.3 Å². The second-order valence-corrected chi connectivity index (χ2v) is 7.32. The molecule has 4 rings (SSSR count). The third kappa shape index (κ3) is 2.84. The van der Waals surface area contributed by atoms with Gasteiger partial charge in [0.05, 0.1) is 12.3 Å². The van der Waals surface area contributed by atoms with Crippen LogP contribution in [-0.4, -0.2) is 21.8 Å². The number of amides is 1. The van der Waals surface area contributed by atoms with Crippen molar-refractivity contribution in [1.29, 1.82) is 0 Å². The van der Waals surface area contributed by atoms with Gasteiger partial charge in [0, 0.05) is 22.4 Å². The summed E-state index contributed by atoms with van der Waals surface area (Å²) in [7, 11) is 0. The standard InChI is InChI=1S/C17H16N2O2S2/c1-11(15-3-2-7-21-15)19(13-4-5-13)17(20)14-10-23-16(18-14)12-6-8-22-9-12/h2-3,6-11,13H,4-5H2,1H3. The van der Waals surface area contributed by atoms with Crippen LogP contribution in [0.3, 0.4) is 0 Å². The first-order chi connectivity index (χ1) is 11.2. The highest BCUT2D eigenvalue weighted by atomic mass is 32.1. The monoisotopic (exact) mass is 344 g/mol. The minimum Gasteiger partial charge on any atom is -0.467 e. The first kappa shape index (κ1) is 14.7. The van der Waals surface area contributed by atoms with Crippen LogP contribution < -0.4 is 0 Å². The Kier molecular flexibility index (Phi) is 3.79. The van der Waals surface area contributed by atoms with Crippen LogP contribution in [0, 0.1) is 0 Å². The van der Waals surface area contributed by atoms with Crippen LogP contribution in [0.4, 0.5) is 0 Å². The predicted molar refractivity (Wildman–Crippen MR) is 91.7 cm³/mol. The highest BCUT2D eigenvalue weighted by Gasteiger charge is 2.38. The minimum absolute atomic E-state index is 0.00544. The third-order valence-electron chi connectivity index (χ3n) is 4.04. The molecule has 0 aromatic carbocycles. The summed E-state index contributed by atoms with van der Waals surface area (Å²) in [6.07, 6.45) is 3.76. The predicted octanol–water partition coefficient (Wildman–Crippen LogP) is 4.83. The number of thiazole rings is 1. The highest BCUT2D eigenvalue weighted by molar-refractivity contribution is 7.14. The summed E-state index contributed by atoms with van der Waals surface area (Å²) in [5, 5.41) is 6.83. The average molecular weight is 344 g/mol. The van der Waals surface area contributed by atoms with Crippen molar-refractivity contribution in [3.8, 4) is 10.6 Å². The molecule has 23 heavy (non-hydrogen) atoms. The lowest BCUT2D eigenvalue weighted by molar-refractivity contribution is 0.0647. The van der Waals surface area contributed by atoms with E-state index in [0.29, 0.717) is 11.7 Å². The van der Waals surface area contributed by atoms with Gasteiger partial charge in [0.25, 0.3) is 5.91 Å². The Hall–Kier alpha value is -1.92. The fourth-order valence-corrected chi connectivity index (χ4v) is 4.21. The van der Waals surface area contributed by atoms with Crippen molar-refractivity contribution < 1.29 is 9.21 Å². The largest absolute Gasteiger partial charge is 0.467 e. The van der Waals surface area contributed by atoms with Crippen molar-refractivity contribution in [2.24, 2.45) is 0 Å². The Morgan fingerprint density at radius 2 is 2.26 bits per heavy atom. The van der Waals surface area contributed by atoms with Crippen molar-refractivity contribution in [3.05, 3.63) is 52.1 Å². The fraction of sp³-hybridized carbons (Fsp3) is 0.294. The van der Waals surface area contributed by atoms with E-state index < -0.39 is 0 Å². The van der Waals surface area contributed by atoms with Gasteiger partial charge >= 0.3 is 0 Å². The lowest BCUT2D eigenvalue weighted by Crippen LogP contribution is -2.35. The maximum Gasteiger partial charge on any atom is 0.274 e. The summed E-state index contributed by atoms with van der Waals surface area (Å²) in [5.41, 5.74) is 1.61. The summed E-state index contributed by atoms with van der Waals surface area (Å²) in [6.45, 7) is 2.02. The van der Waals surface area contributed by atoms with Crippen molar-refractivity contribution in [2.75, 3.05) is 0 Å². The van der Waals surface area contributed by atoms with Gasteiger partial charge < -0.3 is 9.32 Å². The summed E-state index contributed by atoms with van der Waals surface area (Å²) in [6, 6.07) is 6.04. The van der Waals surface area contributed by atoms with Crippen LogP contribution in [0.15, 0.2) is 45.0 Å². The van der Waals surface area contributed by atoms with E-state index in [0.717, 1.165) is 29.2 Å². The van der Waals surface area contributed by atoms with Gasteiger partial charge in [-0.2, -0.15) is 11.3 Å². The van der Waals surface area contributed by atoms with Gasteiger partial charge in [-0.1, -0.05) is 0 Å². The molecule has 0 saturated heterocycles. The van der Waals surface area contributed by atoms with Crippen molar-refractivity contribution in [3.63, 3.8) is 0 Å². The number of nitrogens with zero attached hydrogens (tertiary/aromatic N) is 2. The Bertz CT molecular complexity index is 789. The molecule has 0 N–H and O–H groups in total. The zero-order valence-corrected chi connectivity index (χ0v) is 14.3. The molecule has 6 heteroatoms. The molecule has 0 radical (unpaired) electrons. The first-order valence-electron chi connectivity index (χ1n) is 7.58. The van der Waals surface area contributed by atoms with Crippen LogP contribution >= 0.6 is 22.7 Å². The van der Waals surface area contributed by atoms with E-state index in [2.05, 4.69) is 10.4 Å². The Balaban J connectivity index is 1.61. The second-order valence-electron chi connectivity index (χ2n) is 5.68. The number of carbonyl (C=O) groups is 1. The molecule has 1 atom stereocenters. The highest BCUT2D eigenvalue weighted by Crippen LogP contribution is 2.36. The molecule has 1 amide bonds. The van der Waals surface area contributed by atoms with Gasteiger partial charge in [0.2, 0.25) is 0 Å². The fourth-order valence-electron chi connectivity index (χ4n) is 2.70. The molecule has 3 heterocycles. The SMILES string of the molecule is CC(c1ccco1)N(C(=O)c1csc(-c2ccsc2)n1)C1CC1. The molecule has 1 aliphatic carbocycles. The zero-order valence-electron chi connectivity index (χ0n) is 12.6. The molecule has 118 valence electrons. The molecular weight excluding hydrogens is 328 g/mol. The maximum absolute atomic E-state index is 13.0. The molecule has 3 aromatic heterocycles. The van der Waals surface area contributed by atoms with E-state index in [9.17, 15) is 4.79 Å². The molecule has 1 unspecified atom stereocenters. The Morgan fingerprint density at radius 3 is 2.91 bits per heavy atom. The summed E-state index contributed by atoms with van der Waals surface area (Å²) >= 11 is 3.15. The first-order valence-corrected chi connectivity index (χ1v) is 9.40. The number of hydrogen-bond acceptors (Lipinski definition) is 5. The van der Waals surface area contributed by atoms with Crippen LogP contribution in [0.25, 0.3) is 10.6 Å². The summed E-state index contributed by atoms with van der Waals surface area (Å²) in [4.78, 5) is 19.4. The Morgan fingerprint density at radius 1 is 1.39 bits per heavy atom.